The van der Waals surface area contributed by atoms with Crippen LogP contribution in [0.3, 0.4) is 0 Å². The molecule has 0 nitrogen and oxygen atoms in total. The average Bonchev–Trinajstić information content (AvgIpc) is 2.57. The first-order chi connectivity index (χ1) is 6.82. The van der Waals surface area contributed by atoms with E-state index in [1.807, 2.05) is 0 Å². The zero-order valence-corrected chi connectivity index (χ0v) is 11.2. The highest BCUT2D eigenvalue weighted by atomic mass is 14.9. The van der Waals surface area contributed by atoms with E-state index in [1.54, 1.807) is 0 Å². The minimum absolute atomic E-state index is 0.571. The molecule has 6 atom stereocenters. The third-order valence-corrected chi connectivity index (χ3v) is 7.07. The van der Waals surface area contributed by atoms with Gasteiger partial charge in [-0.15, -0.1) is 6.58 Å². The quantitative estimate of drug-likeness (QED) is 0.596. The van der Waals surface area contributed by atoms with E-state index in [9.17, 15) is 0 Å². The molecule has 0 aromatic carbocycles. The highest BCUT2D eigenvalue weighted by Gasteiger charge is 2.90. The van der Waals surface area contributed by atoms with Crippen molar-refractivity contribution in [1.82, 2.24) is 0 Å². The molecular formula is C15H26. The van der Waals surface area contributed by atoms with Crippen LogP contribution in [-0.4, -0.2) is 0 Å². The average molecular weight is 206 g/mol. The molecule has 0 amide bonds. The van der Waals surface area contributed by atoms with Gasteiger partial charge in [-0.1, -0.05) is 47.6 Å². The molecule has 0 heteroatoms. The van der Waals surface area contributed by atoms with E-state index in [2.05, 4.69) is 54.2 Å². The molecule has 0 radical (unpaired) electrons. The van der Waals surface area contributed by atoms with Crippen LogP contribution < -0.4 is 0 Å². The van der Waals surface area contributed by atoms with Gasteiger partial charge in [-0.05, 0) is 40.4 Å². The maximum atomic E-state index is 3.98. The van der Waals surface area contributed by atoms with Crippen molar-refractivity contribution in [1.29, 1.82) is 0 Å². The molecular weight excluding hydrogens is 180 g/mol. The van der Waals surface area contributed by atoms with E-state index in [4.69, 9.17) is 0 Å². The van der Waals surface area contributed by atoms with Gasteiger partial charge in [0.1, 0.15) is 0 Å². The molecule has 15 heavy (non-hydrogen) atoms. The number of hydrogen-bond donors (Lipinski definition) is 0. The summed E-state index contributed by atoms with van der Waals surface area (Å²) < 4.78 is 0. The topological polar surface area (TPSA) is 0 Å². The van der Waals surface area contributed by atoms with Crippen LogP contribution in [0.5, 0.6) is 0 Å². The Balaban J connectivity index is 2.34. The smallest absolute Gasteiger partial charge is 0.0168 e. The normalized spacial score (nSPS) is 59.1. The van der Waals surface area contributed by atoms with Crippen molar-refractivity contribution in [3.05, 3.63) is 12.7 Å². The largest absolute Gasteiger partial charge is 0.103 e. The van der Waals surface area contributed by atoms with Gasteiger partial charge in [-0.2, -0.15) is 0 Å². The predicted molar refractivity (Wildman–Crippen MR) is 66.6 cm³/mol. The molecule has 0 N–H and O–H groups in total. The third kappa shape index (κ3) is 0.765. The molecule has 0 aromatic rings. The van der Waals surface area contributed by atoms with Gasteiger partial charge in [0.15, 0.2) is 0 Å². The summed E-state index contributed by atoms with van der Waals surface area (Å²) >= 11 is 0. The van der Waals surface area contributed by atoms with Gasteiger partial charge in [0.05, 0.1) is 0 Å². The van der Waals surface area contributed by atoms with Gasteiger partial charge < -0.3 is 0 Å². The van der Waals surface area contributed by atoms with Crippen molar-refractivity contribution in [2.75, 3.05) is 0 Å². The summed E-state index contributed by atoms with van der Waals surface area (Å²) in [5, 5.41) is 0. The second-order valence-corrected chi connectivity index (χ2v) is 6.50. The fraction of sp³-hybridized carbons (Fsp3) is 0.867. The van der Waals surface area contributed by atoms with Gasteiger partial charge in [-0.3, -0.25) is 0 Å². The van der Waals surface area contributed by atoms with Crippen molar-refractivity contribution in [2.24, 2.45) is 34.0 Å². The molecule has 86 valence electrons. The lowest BCUT2D eigenvalue weighted by atomic mass is 9.55. The van der Waals surface area contributed by atoms with E-state index in [1.165, 1.54) is 6.42 Å². The van der Waals surface area contributed by atoms with Crippen molar-refractivity contribution < 1.29 is 0 Å². The first kappa shape index (κ1) is 11.2. The van der Waals surface area contributed by atoms with Gasteiger partial charge in [-0.25, -0.2) is 0 Å². The third-order valence-electron chi connectivity index (χ3n) is 7.07. The minimum Gasteiger partial charge on any atom is -0.103 e. The number of rotatable bonds is 3. The van der Waals surface area contributed by atoms with Crippen LogP contribution in [0.25, 0.3) is 0 Å². The van der Waals surface area contributed by atoms with E-state index >= 15 is 0 Å². The van der Waals surface area contributed by atoms with Gasteiger partial charge in [0.2, 0.25) is 0 Å². The predicted octanol–water partition coefficient (Wildman–Crippen LogP) is 4.52. The van der Waals surface area contributed by atoms with E-state index in [-0.39, 0.29) is 0 Å². The fourth-order valence-electron chi connectivity index (χ4n) is 5.60. The minimum atomic E-state index is 0.571. The summed E-state index contributed by atoms with van der Waals surface area (Å²) in [6, 6.07) is 0. The van der Waals surface area contributed by atoms with E-state index < -0.39 is 0 Å². The number of hydrogen-bond acceptors (Lipinski definition) is 0. The molecule has 0 heterocycles. The summed E-state index contributed by atoms with van der Waals surface area (Å²) in [5.74, 6) is 2.39. The Bertz CT molecular complexity index is 295. The van der Waals surface area contributed by atoms with Gasteiger partial charge in [0.25, 0.3) is 0 Å². The molecule has 2 aliphatic rings. The molecule has 0 aliphatic heterocycles. The molecule has 0 aromatic heterocycles. The maximum absolute atomic E-state index is 3.98. The highest BCUT2D eigenvalue weighted by Crippen LogP contribution is 2.94. The molecule has 0 spiro atoms. The Morgan fingerprint density at radius 3 is 2.13 bits per heavy atom. The SMILES string of the molecule is C=CC(C)C1C(C)C2(C)C(C)(CC)C12C. The molecule has 2 fully saturated rings. The second-order valence-electron chi connectivity index (χ2n) is 6.50. The van der Waals surface area contributed by atoms with Crippen LogP contribution in [0.15, 0.2) is 12.7 Å². The standard InChI is InChI=1S/C15H26/c1-8-10(3)12-11(4)14(6)13(5,9-2)15(12,14)7/h8,10-12H,1,9H2,2-7H3. The Hall–Kier alpha value is -0.260. The zero-order chi connectivity index (χ0) is 11.6. The fourth-order valence-corrected chi connectivity index (χ4v) is 5.60. The monoisotopic (exact) mass is 206 g/mol. The molecule has 0 bridgehead atoms. The van der Waals surface area contributed by atoms with Crippen LogP contribution in [0.4, 0.5) is 0 Å². The summed E-state index contributed by atoms with van der Waals surface area (Å²) in [4.78, 5) is 0. The van der Waals surface area contributed by atoms with Crippen LogP contribution in [0.1, 0.15) is 48.0 Å². The molecule has 2 rings (SSSR count). The van der Waals surface area contributed by atoms with Crippen LogP contribution in [-0.2, 0) is 0 Å². The first-order valence-corrected chi connectivity index (χ1v) is 6.45. The summed E-state index contributed by atoms with van der Waals surface area (Å²) in [5.41, 5.74) is 1.74. The molecule has 0 saturated heterocycles. The van der Waals surface area contributed by atoms with E-state index in [0.717, 1.165) is 11.8 Å². The van der Waals surface area contributed by atoms with Crippen LogP contribution in [0.2, 0.25) is 0 Å². The van der Waals surface area contributed by atoms with Gasteiger partial charge >= 0.3 is 0 Å². The van der Waals surface area contributed by atoms with Crippen molar-refractivity contribution >= 4 is 0 Å². The Labute approximate surface area is 95.1 Å². The van der Waals surface area contributed by atoms with Crippen molar-refractivity contribution in [2.45, 2.75) is 48.0 Å². The zero-order valence-electron chi connectivity index (χ0n) is 11.2. The number of allylic oxidation sites excluding steroid dienone is 1. The van der Waals surface area contributed by atoms with Crippen LogP contribution >= 0.6 is 0 Å². The van der Waals surface area contributed by atoms with Gasteiger partial charge in [0, 0.05) is 0 Å². The molecule has 2 aliphatic carbocycles. The maximum Gasteiger partial charge on any atom is -0.0168 e. The first-order valence-electron chi connectivity index (χ1n) is 6.45. The molecule has 2 saturated carbocycles. The lowest BCUT2D eigenvalue weighted by Crippen LogP contribution is -2.44. The Morgan fingerprint density at radius 1 is 1.27 bits per heavy atom. The number of fused-ring (bicyclic) bond motifs is 1. The second kappa shape index (κ2) is 2.70. The highest BCUT2D eigenvalue weighted by molar-refractivity contribution is 5.37. The summed E-state index contributed by atoms with van der Waals surface area (Å²) in [6.45, 7) is 18.7. The summed E-state index contributed by atoms with van der Waals surface area (Å²) in [6.07, 6.45) is 3.48. The lowest BCUT2D eigenvalue weighted by Gasteiger charge is -2.49. The van der Waals surface area contributed by atoms with Crippen molar-refractivity contribution in [3.63, 3.8) is 0 Å². The lowest BCUT2D eigenvalue weighted by molar-refractivity contribution is -0.00930. The Morgan fingerprint density at radius 2 is 1.80 bits per heavy atom. The summed E-state index contributed by atoms with van der Waals surface area (Å²) in [7, 11) is 0. The molecule has 6 unspecified atom stereocenters. The van der Waals surface area contributed by atoms with Crippen LogP contribution in [0, 0.1) is 34.0 Å². The van der Waals surface area contributed by atoms with Crippen molar-refractivity contribution in [3.8, 4) is 0 Å². The van der Waals surface area contributed by atoms with E-state index in [0.29, 0.717) is 22.2 Å². The Kier molecular flexibility index (Phi) is 2.02.